The van der Waals surface area contributed by atoms with Crippen molar-refractivity contribution < 1.29 is 18.7 Å². The molecule has 0 unspecified atom stereocenters. The highest BCUT2D eigenvalue weighted by Gasteiger charge is 2.33. The zero-order valence-corrected chi connectivity index (χ0v) is 13.9. The standard InChI is InChI=1S/C15H19BrF2N2O2/c1-2-20(8-14(21)22)10-5-9(6-10)19-7-11-13(17)4-3-12(16)15(11)18/h3-4,9-10,19H,2,5-8H2,1H3,(H,21,22). The number of benzene rings is 1. The summed E-state index contributed by atoms with van der Waals surface area (Å²) in [5.41, 5.74) is 0.0238. The monoisotopic (exact) mass is 376 g/mol. The molecule has 0 aliphatic heterocycles. The summed E-state index contributed by atoms with van der Waals surface area (Å²) in [6.45, 7) is 2.76. The van der Waals surface area contributed by atoms with Gasteiger partial charge in [-0.05, 0) is 47.4 Å². The molecule has 1 fully saturated rings. The van der Waals surface area contributed by atoms with Crippen molar-refractivity contribution in [1.29, 1.82) is 0 Å². The van der Waals surface area contributed by atoms with Crippen molar-refractivity contribution in [3.05, 3.63) is 33.8 Å². The van der Waals surface area contributed by atoms with Gasteiger partial charge in [0.25, 0.3) is 0 Å². The number of carboxylic acid groups (broad SMARTS) is 1. The van der Waals surface area contributed by atoms with Crippen molar-refractivity contribution in [1.82, 2.24) is 10.2 Å². The molecule has 0 amide bonds. The Balaban J connectivity index is 1.84. The number of nitrogens with one attached hydrogen (secondary N) is 1. The van der Waals surface area contributed by atoms with Crippen molar-refractivity contribution >= 4 is 21.9 Å². The lowest BCUT2D eigenvalue weighted by atomic mass is 9.85. The summed E-state index contributed by atoms with van der Waals surface area (Å²) >= 11 is 3.05. The third kappa shape index (κ3) is 4.02. The topological polar surface area (TPSA) is 52.6 Å². The quantitative estimate of drug-likeness (QED) is 0.718. The first-order valence-corrected chi connectivity index (χ1v) is 8.03. The van der Waals surface area contributed by atoms with Gasteiger partial charge in [-0.25, -0.2) is 8.78 Å². The van der Waals surface area contributed by atoms with Crippen molar-refractivity contribution in [3.8, 4) is 0 Å². The summed E-state index contributed by atoms with van der Waals surface area (Å²) in [6, 6.07) is 2.96. The van der Waals surface area contributed by atoms with E-state index in [0.29, 0.717) is 6.54 Å². The lowest BCUT2D eigenvalue weighted by Gasteiger charge is -2.42. The minimum absolute atomic E-state index is 0.0238. The van der Waals surface area contributed by atoms with E-state index in [1.54, 1.807) is 0 Å². The van der Waals surface area contributed by atoms with Crippen molar-refractivity contribution in [3.63, 3.8) is 0 Å². The van der Waals surface area contributed by atoms with Gasteiger partial charge in [0.05, 0.1) is 11.0 Å². The fourth-order valence-corrected chi connectivity index (χ4v) is 3.07. The van der Waals surface area contributed by atoms with Gasteiger partial charge < -0.3 is 10.4 Å². The second-order valence-electron chi connectivity index (χ2n) is 5.48. The minimum atomic E-state index is -0.837. The van der Waals surface area contributed by atoms with Gasteiger partial charge in [0, 0.05) is 24.2 Å². The van der Waals surface area contributed by atoms with Crippen LogP contribution in [0, 0.1) is 11.6 Å². The Bertz CT molecular complexity index is 551. The number of nitrogens with zero attached hydrogens (tertiary/aromatic N) is 1. The average Bonchev–Trinajstić information content (AvgIpc) is 2.42. The van der Waals surface area contributed by atoms with Crippen LogP contribution in [0.2, 0.25) is 0 Å². The molecule has 1 aliphatic rings. The number of carbonyl (C=O) groups is 1. The Kier molecular flexibility index (Phi) is 5.88. The Morgan fingerprint density at radius 3 is 2.73 bits per heavy atom. The Morgan fingerprint density at radius 1 is 1.45 bits per heavy atom. The molecule has 0 heterocycles. The van der Waals surface area contributed by atoms with Gasteiger partial charge in [0.15, 0.2) is 0 Å². The van der Waals surface area contributed by atoms with Crippen molar-refractivity contribution in [2.75, 3.05) is 13.1 Å². The van der Waals surface area contributed by atoms with E-state index < -0.39 is 17.6 Å². The number of halogens is 3. The van der Waals surface area contributed by atoms with Crippen LogP contribution in [-0.4, -0.2) is 41.1 Å². The summed E-state index contributed by atoms with van der Waals surface area (Å²) in [5.74, 6) is -1.98. The van der Waals surface area contributed by atoms with Gasteiger partial charge in [-0.3, -0.25) is 9.69 Å². The van der Waals surface area contributed by atoms with Crippen molar-refractivity contribution in [2.24, 2.45) is 0 Å². The van der Waals surface area contributed by atoms with Gasteiger partial charge in [-0.1, -0.05) is 6.92 Å². The fraction of sp³-hybridized carbons (Fsp3) is 0.533. The van der Waals surface area contributed by atoms with Crippen LogP contribution in [0.15, 0.2) is 16.6 Å². The zero-order valence-electron chi connectivity index (χ0n) is 12.3. The van der Waals surface area contributed by atoms with E-state index >= 15 is 0 Å². The molecular weight excluding hydrogens is 358 g/mol. The molecule has 0 spiro atoms. The molecule has 1 aromatic rings. The molecule has 0 aromatic heterocycles. The van der Waals surface area contributed by atoms with Crippen LogP contribution < -0.4 is 5.32 Å². The second kappa shape index (κ2) is 7.48. The summed E-state index contributed by atoms with van der Waals surface area (Å²) in [7, 11) is 0. The molecule has 2 rings (SSSR count). The fourth-order valence-electron chi connectivity index (χ4n) is 2.70. The minimum Gasteiger partial charge on any atom is -0.480 e. The predicted octanol–water partition coefficient (Wildman–Crippen LogP) is 2.75. The van der Waals surface area contributed by atoms with E-state index in [-0.39, 0.29) is 35.2 Å². The normalized spacial score (nSPS) is 21.0. The van der Waals surface area contributed by atoms with E-state index in [2.05, 4.69) is 21.2 Å². The number of hydrogen-bond acceptors (Lipinski definition) is 3. The number of hydrogen-bond donors (Lipinski definition) is 2. The molecule has 22 heavy (non-hydrogen) atoms. The molecule has 0 atom stereocenters. The molecule has 122 valence electrons. The highest BCUT2D eigenvalue weighted by atomic mass is 79.9. The van der Waals surface area contributed by atoms with E-state index in [9.17, 15) is 13.6 Å². The maximum absolute atomic E-state index is 13.8. The first kappa shape index (κ1) is 17.3. The van der Waals surface area contributed by atoms with Crippen LogP contribution in [0.3, 0.4) is 0 Å². The lowest BCUT2D eigenvalue weighted by Crippen LogP contribution is -2.53. The Labute approximate surface area is 136 Å². The lowest BCUT2D eigenvalue weighted by molar-refractivity contribution is -0.139. The smallest absolute Gasteiger partial charge is 0.317 e. The predicted molar refractivity (Wildman–Crippen MR) is 82.6 cm³/mol. The van der Waals surface area contributed by atoms with Crippen LogP contribution in [0.5, 0.6) is 0 Å². The molecule has 7 heteroatoms. The first-order valence-electron chi connectivity index (χ1n) is 7.24. The summed E-state index contributed by atoms with van der Waals surface area (Å²) in [6.07, 6.45) is 1.58. The zero-order chi connectivity index (χ0) is 16.3. The molecule has 2 N–H and O–H groups in total. The Hall–Kier alpha value is -1.05. The number of aliphatic carboxylic acids is 1. The summed E-state index contributed by atoms with van der Waals surface area (Å²) < 4.78 is 27.7. The SMILES string of the molecule is CCN(CC(=O)O)C1CC(NCc2c(F)ccc(Br)c2F)C1. The molecule has 1 saturated carbocycles. The number of rotatable bonds is 7. The number of carboxylic acids is 1. The molecule has 1 aromatic carbocycles. The van der Waals surface area contributed by atoms with Gasteiger partial charge in [0.1, 0.15) is 11.6 Å². The molecule has 0 radical (unpaired) electrons. The molecule has 0 bridgehead atoms. The van der Waals surface area contributed by atoms with E-state index in [1.807, 2.05) is 11.8 Å². The van der Waals surface area contributed by atoms with Gasteiger partial charge in [0.2, 0.25) is 0 Å². The highest BCUT2D eigenvalue weighted by Crippen LogP contribution is 2.27. The summed E-state index contributed by atoms with van der Waals surface area (Å²) in [4.78, 5) is 12.7. The molecule has 0 saturated heterocycles. The molecular formula is C15H19BrF2N2O2. The van der Waals surface area contributed by atoms with Crippen LogP contribution in [0.4, 0.5) is 8.78 Å². The van der Waals surface area contributed by atoms with Gasteiger partial charge in [-0.15, -0.1) is 0 Å². The molecule has 1 aliphatic carbocycles. The third-order valence-electron chi connectivity index (χ3n) is 4.08. The van der Waals surface area contributed by atoms with Gasteiger partial charge in [-0.2, -0.15) is 0 Å². The van der Waals surface area contributed by atoms with E-state index in [0.717, 1.165) is 12.8 Å². The van der Waals surface area contributed by atoms with Crippen LogP contribution >= 0.6 is 15.9 Å². The largest absolute Gasteiger partial charge is 0.480 e. The van der Waals surface area contributed by atoms with Crippen LogP contribution in [0.1, 0.15) is 25.3 Å². The van der Waals surface area contributed by atoms with Crippen LogP contribution in [-0.2, 0) is 11.3 Å². The molecule has 4 nitrogen and oxygen atoms in total. The van der Waals surface area contributed by atoms with E-state index in [1.165, 1.54) is 12.1 Å². The van der Waals surface area contributed by atoms with Gasteiger partial charge >= 0.3 is 5.97 Å². The third-order valence-corrected chi connectivity index (χ3v) is 4.69. The maximum Gasteiger partial charge on any atom is 0.317 e. The number of likely N-dealkylation sites (N-methyl/N-ethyl adjacent to an activating group) is 1. The van der Waals surface area contributed by atoms with E-state index in [4.69, 9.17) is 5.11 Å². The van der Waals surface area contributed by atoms with Crippen molar-refractivity contribution in [2.45, 2.75) is 38.4 Å². The van der Waals surface area contributed by atoms with Crippen LogP contribution in [0.25, 0.3) is 0 Å². The highest BCUT2D eigenvalue weighted by molar-refractivity contribution is 9.10. The Morgan fingerprint density at radius 2 is 2.14 bits per heavy atom. The second-order valence-corrected chi connectivity index (χ2v) is 6.34. The maximum atomic E-state index is 13.8. The average molecular weight is 377 g/mol. The summed E-state index contributed by atoms with van der Waals surface area (Å²) in [5, 5.41) is 12.0. The first-order chi connectivity index (χ1) is 10.4.